The minimum Gasteiger partial charge on any atom is -0.497 e. The van der Waals surface area contributed by atoms with Crippen molar-refractivity contribution in [3.8, 4) is 23.8 Å². The van der Waals surface area contributed by atoms with Gasteiger partial charge in [0, 0.05) is 11.1 Å². The van der Waals surface area contributed by atoms with Crippen LogP contribution in [0.4, 0.5) is 0 Å². The van der Waals surface area contributed by atoms with Gasteiger partial charge < -0.3 is 14.6 Å². The second-order valence-electron chi connectivity index (χ2n) is 5.33. The van der Waals surface area contributed by atoms with E-state index in [1.807, 2.05) is 38.1 Å². The van der Waals surface area contributed by atoms with Gasteiger partial charge in [0.25, 0.3) is 0 Å². The number of terminal acetylenes is 1. The number of hydrogen-bond acceptors (Lipinski definition) is 3. The van der Waals surface area contributed by atoms with Gasteiger partial charge >= 0.3 is 0 Å². The van der Waals surface area contributed by atoms with Crippen molar-refractivity contribution < 1.29 is 14.6 Å². The zero-order chi connectivity index (χ0) is 16.3. The van der Waals surface area contributed by atoms with Crippen LogP contribution in [0.25, 0.3) is 0 Å². The van der Waals surface area contributed by atoms with Gasteiger partial charge in [-0.3, -0.25) is 0 Å². The third kappa shape index (κ3) is 2.93. The SMILES string of the molecule is C#CC(O)(c1cc(C)cc(OC)c1)c1cc(C)cc(OC)c1. The van der Waals surface area contributed by atoms with E-state index in [0.29, 0.717) is 22.6 Å². The van der Waals surface area contributed by atoms with Crippen molar-refractivity contribution in [3.63, 3.8) is 0 Å². The molecule has 1 N–H and O–H groups in total. The van der Waals surface area contributed by atoms with Crippen LogP contribution in [0.15, 0.2) is 36.4 Å². The van der Waals surface area contributed by atoms with Crippen LogP contribution < -0.4 is 9.47 Å². The van der Waals surface area contributed by atoms with Crippen LogP contribution >= 0.6 is 0 Å². The molecule has 3 heteroatoms. The number of aryl methyl sites for hydroxylation is 2. The molecule has 114 valence electrons. The van der Waals surface area contributed by atoms with E-state index >= 15 is 0 Å². The molecular weight excluding hydrogens is 276 g/mol. The molecule has 0 saturated carbocycles. The number of aliphatic hydroxyl groups is 1. The minimum atomic E-state index is -1.54. The maximum atomic E-state index is 11.1. The second kappa shape index (κ2) is 6.13. The van der Waals surface area contributed by atoms with Gasteiger partial charge in [-0.05, 0) is 49.2 Å². The first-order chi connectivity index (χ1) is 10.4. The first-order valence-electron chi connectivity index (χ1n) is 6.95. The van der Waals surface area contributed by atoms with Crippen molar-refractivity contribution in [1.29, 1.82) is 0 Å². The monoisotopic (exact) mass is 296 g/mol. The summed E-state index contributed by atoms with van der Waals surface area (Å²) in [5.41, 5.74) is 1.57. The lowest BCUT2D eigenvalue weighted by molar-refractivity contribution is 0.144. The summed E-state index contributed by atoms with van der Waals surface area (Å²) in [6.07, 6.45) is 5.67. The summed E-state index contributed by atoms with van der Waals surface area (Å²) in [6, 6.07) is 11.0. The van der Waals surface area contributed by atoms with Crippen LogP contribution in [0.1, 0.15) is 22.3 Å². The van der Waals surface area contributed by atoms with Crippen molar-refractivity contribution >= 4 is 0 Å². The summed E-state index contributed by atoms with van der Waals surface area (Å²) in [5.74, 6) is 3.82. The van der Waals surface area contributed by atoms with E-state index in [0.717, 1.165) is 11.1 Å². The van der Waals surface area contributed by atoms with Crippen LogP contribution in [-0.4, -0.2) is 19.3 Å². The zero-order valence-corrected chi connectivity index (χ0v) is 13.3. The molecule has 2 aromatic carbocycles. The summed E-state index contributed by atoms with van der Waals surface area (Å²) in [6.45, 7) is 3.86. The molecule has 0 amide bonds. The van der Waals surface area contributed by atoms with Gasteiger partial charge in [0.1, 0.15) is 11.5 Å². The zero-order valence-electron chi connectivity index (χ0n) is 13.3. The Labute approximate surface area is 131 Å². The van der Waals surface area contributed by atoms with Gasteiger partial charge in [-0.25, -0.2) is 0 Å². The van der Waals surface area contributed by atoms with E-state index in [2.05, 4.69) is 5.92 Å². The average Bonchev–Trinajstić information content (AvgIpc) is 2.52. The molecule has 0 aromatic heterocycles. The van der Waals surface area contributed by atoms with Gasteiger partial charge in [0.15, 0.2) is 5.60 Å². The molecule has 0 aliphatic heterocycles. The Kier molecular flexibility index (Phi) is 4.44. The standard InChI is InChI=1S/C19H20O3/c1-6-19(20,15-7-13(2)9-17(11-15)21-4)16-8-14(3)10-18(12-16)22-5/h1,7-12,20H,2-5H3. The number of ether oxygens (including phenoxy) is 2. The van der Waals surface area contributed by atoms with Gasteiger partial charge in [-0.2, -0.15) is 0 Å². The lowest BCUT2D eigenvalue weighted by Crippen LogP contribution is -2.25. The third-order valence-electron chi connectivity index (χ3n) is 3.62. The lowest BCUT2D eigenvalue weighted by Gasteiger charge is -2.25. The van der Waals surface area contributed by atoms with Gasteiger partial charge in [-0.1, -0.05) is 18.1 Å². The number of rotatable bonds is 4. The molecule has 2 rings (SSSR count). The van der Waals surface area contributed by atoms with Crippen LogP contribution in [0, 0.1) is 26.2 Å². The molecule has 3 nitrogen and oxygen atoms in total. The van der Waals surface area contributed by atoms with Gasteiger partial charge in [-0.15, -0.1) is 6.42 Å². The molecule has 0 heterocycles. The summed E-state index contributed by atoms with van der Waals surface area (Å²) in [5, 5.41) is 11.1. The second-order valence-corrected chi connectivity index (χ2v) is 5.33. The first-order valence-corrected chi connectivity index (χ1v) is 6.95. The Bertz CT molecular complexity index is 672. The highest BCUT2D eigenvalue weighted by molar-refractivity contribution is 5.50. The molecular formula is C19H20O3. The van der Waals surface area contributed by atoms with Crippen molar-refractivity contribution in [1.82, 2.24) is 0 Å². The third-order valence-corrected chi connectivity index (χ3v) is 3.62. The average molecular weight is 296 g/mol. The normalized spacial score (nSPS) is 10.9. The molecule has 0 fully saturated rings. The Hall–Kier alpha value is -2.44. The highest BCUT2D eigenvalue weighted by atomic mass is 16.5. The molecule has 0 aliphatic rings. The predicted molar refractivity (Wildman–Crippen MR) is 87.3 cm³/mol. The number of hydrogen-bond donors (Lipinski definition) is 1. The summed E-state index contributed by atoms with van der Waals surface area (Å²) >= 11 is 0. The maximum Gasteiger partial charge on any atom is 0.176 e. The molecule has 0 atom stereocenters. The van der Waals surface area contributed by atoms with Crippen LogP contribution in [0.5, 0.6) is 11.5 Å². The maximum absolute atomic E-state index is 11.1. The predicted octanol–water partition coefficient (Wildman–Crippen LogP) is 3.19. The van der Waals surface area contributed by atoms with Crippen LogP contribution in [0.2, 0.25) is 0 Å². The summed E-state index contributed by atoms with van der Waals surface area (Å²) in [4.78, 5) is 0. The number of methoxy groups -OCH3 is 2. The van der Waals surface area contributed by atoms with E-state index in [1.54, 1.807) is 26.4 Å². The lowest BCUT2D eigenvalue weighted by atomic mass is 9.85. The van der Waals surface area contributed by atoms with E-state index in [-0.39, 0.29) is 0 Å². The topological polar surface area (TPSA) is 38.7 Å². The van der Waals surface area contributed by atoms with Crippen molar-refractivity contribution in [2.45, 2.75) is 19.4 Å². The van der Waals surface area contributed by atoms with Crippen LogP contribution in [0.3, 0.4) is 0 Å². The molecule has 2 aromatic rings. The largest absolute Gasteiger partial charge is 0.497 e. The molecule has 0 spiro atoms. The smallest absolute Gasteiger partial charge is 0.176 e. The summed E-state index contributed by atoms with van der Waals surface area (Å²) < 4.78 is 10.6. The quantitative estimate of drug-likeness (QED) is 0.881. The molecule has 0 bridgehead atoms. The Balaban J connectivity index is 2.65. The molecule has 22 heavy (non-hydrogen) atoms. The highest BCUT2D eigenvalue weighted by Gasteiger charge is 2.30. The van der Waals surface area contributed by atoms with E-state index < -0.39 is 5.60 Å². The Morgan fingerprint density at radius 2 is 1.27 bits per heavy atom. The van der Waals surface area contributed by atoms with Gasteiger partial charge in [0.2, 0.25) is 0 Å². The van der Waals surface area contributed by atoms with Crippen molar-refractivity contribution in [3.05, 3.63) is 58.7 Å². The fourth-order valence-electron chi connectivity index (χ4n) is 2.48. The fourth-order valence-corrected chi connectivity index (χ4v) is 2.48. The van der Waals surface area contributed by atoms with Gasteiger partial charge in [0.05, 0.1) is 14.2 Å². The Morgan fingerprint density at radius 1 is 0.864 bits per heavy atom. The fraction of sp³-hybridized carbons (Fsp3) is 0.263. The first kappa shape index (κ1) is 15.9. The molecule has 0 radical (unpaired) electrons. The van der Waals surface area contributed by atoms with Crippen molar-refractivity contribution in [2.75, 3.05) is 14.2 Å². The molecule has 0 saturated heterocycles. The van der Waals surface area contributed by atoms with Crippen LogP contribution in [-0.2, 0) is 5.60 Å². The molecule has 0 unspecified atom stereocenters. The minimum absolute atomic E-state index is 0.597. The number of benzene rings is 2. The molecule has 0 aliphatic carbocycles. The van der Waals surface area contributed by atoms with E-state index in [4.69, 9.17) is 15.9 Å². The highest BCUT2D eigenvalue weighted by Crippen LogP contribution is 2.34. The van der Waals surface area contributed by atoms with E-state index in [1.165, 1.54) is 0 Å². The van der Waals surface area contributed by atoms with E-state index in [9.17, 15) is 5.11 Å². The van der Waals surface area contributed by atoms with Crippen molar-refractivity contribution in [2.24, 2.45) is 0 Å². The summed E-state index contributed by atoms with van der Waals surface area (Å²) in [7, 11) is 3.17. The Morgan fingerprint density at radius 3 is 1.59 bits per heavy atom.